The van der Waals surface area contributed by atoms with Crippen LogP contribution in [0.15, 0.2) is 48.5 Å². The topological polar surface area (TPSA) is 55.8 Å². The molecule has 0 radical (unpaired) electrons. The number of phenols is 1. The highest BCUT2D eigenvalue weighted by molar-refractivity contribution is 5.93. The molecular weight excluding hydrogens is 316 g/mol. The minimum atomic E-state index is -0.584. The second-order valence-corrected chi connectivity index (χ2v) is 5.99. The van der Waals surface area contributed by atoms with E-state index in [-0.39, 0.29) is 11.3 Å². The summed E-state index contributed by atoms with van der Waals surface area (Å²) in [5.74, 6) is 0.501. The molecule has 0 spiro atoms. The fraction of sp³-hybridized carbons (Fsp3) is 0.381. The summed E-state index contributed by atoms with van der Waals surface area (Å²) >= 11 is 0. The molecule has 0 unspecified atom stereocenters. The van der Waals surface area contributed by atoms with E-state index in [2.05, 4.69) is 6.92 Å². The van der Waals surface area contributed by atoms with Crippen LogP contribution >= 0.6 is 0 Å². The Kier molecular flexibility index (Phi) is 7.83. The van der Waals surface area contributed by atoms with Crippen LogP contribution in [0.25, 0.3) is 0 Å². The van der Waals surface area contributed by atoms with Gasteiger partial charge in [-0.25, -0.2) is 4.79 Å². The number of hydrogen-bond acceptors (Lipinski definition) is 4. The number of unbranched alkanes of at least 4 members (excludes halogenated alkanes) is 5. The Bertz CT molecular complexity index is 649. The average Bonchev–Trinajstić information content (AvgIpc) is 2.62. The summed E-state index contributed by atoms with van der Waals surface area (Å²) < 4.78 is 11.0. The minimum absolute atomic E-state index is 0.0913. The van der Waals surface area contributed by atoms with Crippen molar-refractivity contribution in [2.75, 3.05) is 6.61 Å². The van der Waals surface area contributed by atoms with E-state index in [4.69, 9.17) is 9.47 Å². The van der Waals surface area contributed by atoms with Gasteiger partial charge in [0.15, 0.2) is 0 Å². The van der Waals surface area contributed by atoms with Gasteiger partial charge in [0.2, 0.25) is 0 Å². The second-order valence-electron chi connectivity index (χ2n) is 5.99. The Morgan fingerprint density at radius 3 is 2.24 bits per heavy atom. The van der Waals surface area contributed by atoms with Crippen LogP contribution in [0.3, 0.4) is 0 Å². The SMILES string of the molecule is CCCCCCCCOc1ccc(OC(=O)c2ccccc2O)cc1. The average molecular weight is 342 g/mol. The molecule has 0 aromatic heterocycles. The maximum absolute atomic E-state index is 12.0. The van der Waals surface area contributed by atoms with Gasteiger partial charge < -0.3 is 14.6 Å². The summed E-state index contributed by atoms with van der Waals surface area (Å²) in [6.07, 6.45) is 7.37. The number of rotatable bonds is 10. The van der Waals surface area contributed by atoms with E-state index in [1.807, 2.05) is 0 Å². The molecule has 4 nitrogen and oxygen atoms in total. The molecule has 0 saturated carbocycles. The molecule has 1 N–H and O–H groups in total. The number of benzene rings is 2. The Hall–Kier alpha value is -2.49. The maximum atomic E-state index is 12.0. The fourth-order valence-electron chi connectivity index (χ4n) is 2.48. The molecule has 4 heteroatoms. The van der Waals surface area contributed by atoms with E-state index in [0.29, 0.717) is 12.4 Å². The molecule has 0 atom stereocenters. The van der Waals surface area contributed by atoms with Crippen LogP contribution < -0.4 is 9.47 Å². The standard InChI is InChI=1S/C21H26O4/c1-2-3-4-5-6-9-16-24-17-12-14-18(15-13-17)25-21(23)19-10-7-8-11-20(19)22/h7-8,10-15,22H,2-6,9,16H2,1H3. The van der Waals surface area contributed by atoms with Crippen LogP contribution in [-0.4, -0.2) is 17.7 Å². The third-order valence-electron chi connectivity index (χ3n) is 3.92. The van der Waals surface area contributed by atoms with Crippen LogP contribution in [0.2, 0.25) is 0 Å². The molecule has 0 aliphatic carbocycles. The van der Waals surface area contributed by atoms with Crippen molar-refractivity contribution in [1.29, 1.82) is 0 Å². The van der Waals surface area contributed by atoms with Crippen molar-refractivity contribution in [3.63, 3.8) is 0 Å². The Labute approximate surface area is 149 Å². The lowest BCUT2D eigenvalue weighted by atomic mass is 10.1. The molecule has 0 fully saturated rings. The van der Waals surface area contributed by atoms with E-state index in [9.17, 15) is 9.90 Å². The highest BCUT2D eigenvalue weighted by atomic mass is 16.5. The summed E-state index contributed by atoms with van der Waals surface area (Å²) in [6, 6.07) is 13.3. The summed E-state index contributed by atoms with van der Waals surface area (Å²) in [6.45, 7) is 2.91. The highest BCUT2D eigenvalue weighted by Gasteiger charge is 2.12. The number of phenolic OH excluding ortho intramolecular Hbond substituents is 1. The molecule has 25 heavy (non-hydrogen) atoms. The monoisotopic (exact) mass is 342 g/mol. The molecule has 0 bridgehead atoms. The van der Waals surface area contributed by atoms with E-state index in [1.165, 1.54) is 44.2 Å². The zero-order valence-electron chi connectivity index (χ0n) is 14.7. The number of hydrogen-bond donors (Lipinski definition) is 1. The summed E-state index contributed by atoms with van der Waals surface area (Å²) in [4.78, 5) is 12.0. The predicted octanol–water partition coefficient (Wildman–Crippen LogP) is 5.35. The first kappa shape index (κ1) is 18.8. The van der Waals surface area contributed by atoms with Crippen molar-refractivity contribution < 1.29 is 19.4 Å². The highest BCUT2D eigenvalue weighted by Crippen LogP contribution is 2.21. The number of para-hydroxylation sites is 1. The number of ether oxygens (including phenoxy) is 2. The summed E-state index contributed by atoms with van der Waals surface area (Å²) in [5.41, 5.74) is 0.144. The smallest absolute Gasteiger partial charge is 0.347 e. The lowest BCUT2D eigenvalue weighted by Crippen LogP contribution is -2.08. The molecule has 2 aromatic rings. The first-order valence-electron chi connectivity index (χ1n) is 8.93. The predicted molar refractivity (Wildman–Crippen MR) is 98.4 cm³/mol. The molecular formula is C21H26O4. The maximum Gasteiger partial charge on any atom is 0.347 e. The van der Waals surface area contributed by atoms with Gasteiger partial charge in [-0.15, -0.1) is 0 Å². The number of aromatic hydroxyl groups is 1. The third-order valence-corrected chi connectivity index (χ3v) is 3.92. The molecule has 2 rings (SSSR count). The molecule has 0 amide bonds. The molecule has 0 aliphatic heterocycles. The number of esters is 1. The largest absolute Gasteiger partial charge is 0.507 e. The van der Waals surface area contributed by atoms with Crippen molar-refractivity contribution in [1.82, 2.24) is 0 Å². The van der Waals surface area contributed by atoms with Crippen molar-refractivity contribution in [3.8, 4) is 17.2 Å². The molecule has 0 saturated heterocycles. The molecule has 0 aliphatic rings. The van der Waals surface area contributed by atoms with E-state index in [1.54, 1.807) is 36.4 Å². The van der Waals surface area contributed by atoms with Gasteiger partial charge in [-0.2, -0.15) is 0 Å². The van der Waals surface area contributed by atoms with Gasteiger partial charge in [-0.1, -0.05) is 51.2 Å². The van der Waals surface area contributed by atoms with Gasteiger partial charge in [-0.3, -0.25) is 0 Å². The second kappa shape index (κ2) is 10.4. The van der Waals surface area contributed by atoms with Gasteiger partial charge in [0.1, 0.15) is 22.8 Å². The quantitative estimate of drug-likeness (QED) is 0.359. The zero-order chi connectivity index (χ0) is 17.9. The van der Waals surface area contributed by atoms with Crippen molar-refractivity contribution >= 4 is 5.97 Å². The number of carbonyl (C=O) groups excluding carboxylic acids is 1. The van der Waals surface area contributed by atoms with Crippen LogP contribution in [0.4, 0.5) is 0 Å². The third kappa shape index (κ3) is 6.49. The molecule has 0 heterocycles. The van der Waals surface area contributed by atoms with Crippen LogP contribution in [0, 0.1) is 0 Å². The van der Waals surface area contributed by atoms with Crippen LogP contribution in [-0.2, 0) is 0 Å². The van der Waals surface area contributed by atoms with E-state index < -0.39 is 5.97 Å². The Morgan fingerprint density at radius 1 is 0.880 bits per heavy atom. The van der Waals surface area contributed by atoms with E-state index in [0.717, 1.165) is 12.2 Å². The van der Waals surface area contributed by atoms with Gasteiger partial charge in [-0.05, 0) is 42.8 Å². The Morgan fingerprint density at radius 2 is 1.52 bits per heavy atom. The van der Waals surface area contributed by atoms with Crippen molar-refractivity contribution in [2.24, 2.45) is 0 Å². The minimum Gasteiger partial charge on any atom is -0.507 e. The lowest BCUT2D eigenvalue weighted by molar-refractivity contribution is 0.0731. The fourth-order valence-corrected chi connectivity index (χ4v) is 2.48. The first-order chi connectivity index (χ1) is 12.2. The summed E-state index contributed by atoms with van der Waals surface area (Å²) in [5, 5.41) is 9.67. The van der Waals surface area contributed by atoms with E-state index >= 15 is 0 Å². The molecule has 2 aromatic carbocycles. The molecule has 134 valence electrons. The van der Waals surface area contributed by atoms with Gasteiger partial charge >= 0.3 is 5.97 Å². The lowest BCUT2D eigenvalue weighted by Gasteiger charge is -2.08. The normalized spacial score (nSPS) is 10.4. The van der Waals surface area contributed by atoms with Gasteiger partial charge in [0.05, 0.1) is 6.61 Å². The van der Waals surface area contributed by atoms with Crippen molar-refractivity contribution in [3.05, 3.63) is 54.1 Å². The van der Waals surface area contributed by atoms with Crippen LogP contribution in [0.5, 0.6) is 17.2 Å². The van der Waals surface area contributed by atoms with Crippen LogP contribution in [0.1, 0.15) is 55.8 Å². The zero-order valence-corrected chi connectivity index (χ0v) is 14.7. The first-order valence-corrected chi connectivity index (χ1v) is 8.93. The van der Waals surface area contributed by atoms with Gasteiger partial charge in [0, 0.05) is 0 Å². The summed E-state index contributed by atoms with van der Waals surface area (Å²) in [7, 11) is 0. The van der Waals surface area contributed by atoms with Crippen molar-refractivity contribution in [2.45, 2.75) is 45.4 Å². The van der Waals surface area contributed by atoms with Gasteiger partial charge in [0.25, 0.3) is 0 Å². The number of carbonyl (C=O) groups is 1. The Balaban J connectivity index is 1.74.